The first-order chi connectivity index (χ1) is 18.5. The number of ketones is 1. The minimum Gasteiger partial charge on any atom is -0.493 e. The van der Waals surface area contributed by atoms with E-state index in [4.69, 9.17) is 28.4 Å². The molecule has 1 saturated heterocycles. The molecule has 0 unspecified atom stereocenters. The highest BCUT2D eigenvalue weighted by Gasteiger charge is 2.52. The summed E-state index contributed by atoms with van der Waals surface area (Å²) in [5.74, 6) is 1.12. The number of Topliss-reactive ketones (excluding diaryl/α,β-unsaturated/α-hetero) is 1. The highest BCUT2D eigenvalue weighted by atomic mass is 16.7. The fourth-order valence-corrected chi connectivity index (χ4v) is 6.16. The molecular formula is C30H28O8. The number of rotatable bonds is 7. The molecule has 3 aromatic rings. The topological polar surface area (TPSA) is 89.5 Å². The van der Waals surface area contributed by atoms with Crippen molar-refractivity contribution in [1.82, 2.24) is 0 Å². The van der Waals surface area contributed by atoms with Crippen LogP contribution in [0.25, 0.3) is 0 Å². The van der Waals surface area contributed by atoms with Gasteiger partial charge in [0.05, 0.1) is 33.9 Å². The summed E-state index contributed by atoms with van der Waals surface area (Å²) < 4.78 is 33.9. The molecule has 0 amide bonds. The first kappa shape index (κ1) is 24.2. The number of benzene rings is 3. The van der Waals surface area contributed by atoms with Crippen molar-refractivity contribution in [3.63, 3.8) is 0 Å². The van der Waals surface area contributed by atoms with Gasteiger partial charge in [0, 0.05) is 23.8 Å². The van der Waals surface area contributed by atoms with Crippen LogP contribution in [0.1, 0.15) is 45.3 Å². The zero-order valence-electron chi connectivity index (χ0n) is 21.4. The lowest BCUT2D eigenvalue weighted by Gasteiger charge is -2.39. The number of hydrogen-bond acceptors (Lipinski definition) is 8. The Bertz CT molecular complexity index is 1370. The average Bonchev–Trinajstić information content (AvgIpc) is 3.57. The molecule has 38 heavy (non-hydrogen) atoms. The molecule has 0 saturated carbocycles. The number of cyclic esters (lactones) is 1. The fraction of sp³-hybridized carbons (Fsp3) is 0.333. The molecule has 3 aromatic carbocycles. The number of methoxy groups -OCH3 is 3. The molecule has 0 spiro atoms. The van der Waals surface area contributed by atoms with E-state index in [1.807, 2.05) is 54.6 Å². The van der Waals surface area contributed by atoms with Gasteiger partial charge < -0.3 is 28.4 Å². The molecule has 0 radical (unpaired) electrons. The largest absolute Gasteiger partial charge is 0.493 e. The number of ether oxygens (including phenoxy) is 6. The number of esters is 1. The van der Waals surface area contributed by atoms with Gasteiger partial charge >= 0.3 is 5.97 Å². The van der Waals surface area contributed by atoms with Crippen molar-refractivity contribution in [2.24, 2.45) is 11.8 Å². The van der Waals surface area contributed by atoms with E-state index in [1.54, 1.807) is 21.3 Å². The van der Waals surface area contributed by atoms with Gasteiger partial charge in [0.25, 0.3) is 0 Å². The van der Waals surface area contributed by atoms with Crippen molar-refractivity contribution >= 4 is 11.8 Å². The van der Waals surface area contributed by atoms with Crippen LogP contribution < -0.4 is 23.7 Å². The molecule has 6 rings (SSSR count). The standard InChI is InChI=1S/C30H28O8/c1-33-25-9-17(10-26(34-2)29(25)35-3)27-20-13-24-23(37-15-38-24)12-19(20)18(21-14-36-30(32)28(21)27)11-22(31)16-7-5-4-6-8-16/h4-10,12-13,18,21,27-28H,11,14-15H2,1-3H3/t18-,21-,27-,28+/m1/s1. The summed E-state index contributed by atoms with van der Waals surface area (Å²) in [4.78, 5) is 26.7. The van der Waals surface area contributed by atoms with E-state index in [-0.39, 0.29) is 49.3 Å². The summed E-state index contributed by atoms with van der Waals surface area (Å²) in [6.45, 7) is 0.362. The second kappa shape index (κ2) is 9.59. The van der Waals surface area contributed by atoms with Crippen LogP contribution in [0.15, 0.2) is 54.6 Å². The number of carbonyl (C=O) groups is 2. The predicted octanol–water partition coefficient (Wildman–Crippen LogP) is 4.73. The fourth-order valence-electron chi connectivity index (χ4n) is 6.16. The molecule has 2 aliphatic heterocycles. The van der Waals surface area contributed by atoms with Crippen molar-refractivity contribution in [3.8, 4) is 28.7 Å². The Morgan fingerprint density at radius 2 is 1.53 bits per heavy atom. The van der Waals surface area contributed by atoms with Crippen LogP contribution >= 0.6 is 0 Å². The lowest BCUT2D eigenvalue weighted by atomic mass is 9.61. The third-order valence-corrected chi connectivity index (χ3v) is 7.89. The molecule has 0 N–H and O–H groups in total. The second-order valence-electron chi connectivity index (χ2n) is 9.69. The number of hydrogen-bond donors (Lipinski definition) is 0. The minimum atomic E-state index is -0.501. The SMILES string of the molecule is COc1cc([C@@H]2c3cc4c(cc3[C@@H](CC(=O)c3ccccc3)[C@H]3COC(=O)[C@H]23)OCO4)cc(OC)c1OC. The molecule has 0 aromatic heterocycles. The number of fused-ring (bicyclic) bond motifs is 3. The van der Waals surface area contributed by atoms with Crippen LogP contribution in [-0.2, 0) is 9.53 Å². The molecular weight excluding hydrogens is 488 g/mol. The third kappa shape index (κ3) is 3.83. The molecule has 0 bridgehead atoms. The highest BCUT2D eigenvalue weighted by Crippen LogP contribution is 2.57. The van der Waals surface area contributed by atoms with Crippen LogP contribution in [0.5, 0.6) is 28.7 Å². The third-order valence-electron chi connectivity index (χ3n) is 7.89. The molecule has 1 aliphatic carbocycles. The lowest BCUT2D eigenvalue weighted by Crippen LogP contribution is -2.35. The highest BCUT2D eigenvalue weighted by molar-refractivity contribution is 5.96. The Balaban J connectivity index is 1.53. The summed E-state index contributed by atoms with van der Waals surface area (Å²) in [5, 5.41) is 0. The molecule has 4 atom stereocenters. The second-order valence-corrected chi connectivity index (χ2v) is 9.69. The van der Waals surface area contributed by atoms with Crippen LogP contribution in [-0.4, -0.2) is 46.5 Å². The Morgan fingerprint density at radius 1 is 0.868 bits per heavy atom. The summed E-state index contributed by atoms with van der Waals surface area (Å²) in [7, 11) is 4.67. The quantitative estimate of drug-likeness (QED) is 0.329. The van der Waals surface area contributed by atoms with Crippen molar-refractivity contribution < 1.29 is 38.0 Å². The van der Waals surface area contributed by atoms with Crippen LogP contribution in [0, 0.1) is 11.8 Å². The van der Waals surface area contributed by atoms with Gasteiger partial charge in [0.2, 0.25) is 12.5 Å². The summed E-state index contributed by atoms with van der Waals surface area (Å²) in [5.41, 5.74) is 3.32. The first-order valence-electron chi connectivity index (χ1n) is 12.5. The zero-order chi connectivity index (χ0) is 26.4. The Kier molecular flexibility index (Phi) is 6.10. The monoisotopic (exact) mass is 516 g/mol. The van der Waals surface area contributed by atoms with Gasteiger partial charge in [-0.3, -0.25) is 9.59 Å². The van der Waals surface area contributed by atoms with E-state index in [0.717, 1.165) is 16.7 Å². The van der Waals surface area contributed by atoms with Gasteiger partial charge in [0.15, 0.2) is 28.8 Å². The average molecular weight is 517 g/mol. The van der Waals surface area contributed by atoms with Gasteiger partial charge in [0.1, 0.15) is 0 Å². The van der Waals surface area contributed by atoms with Crippen molar-refractivity contribution in [2.45, 2.75) is 18.3 Å². The van der Waals surface area contributed by atoms with Gasteiger partial charge in [-0.1, -0.05) is 30.3 Å². The number of carbonyl (C=O) groups excluding carboxylic acids is 2. The molecule has 196 valence electrons. The molecule has 8 heteroatoms. The smallest absolute Gasteiger partial charge is 0.310 e. The normalized spacial score (nSPS) is 22.8. The summed E-state index contributed by atoms with van der Waals surface area (Å²) >= 11 is 0. The predicted molar refractivity (Wildman–Crippen MR) is 137 cm³/mol. The molecule has 3 aliphatic rings. The van der Waals surface area contributed by atoms with Gasteiger partial charge in [-0.15, -0.1) is 0 Å². The van der Waals surface area contributed by atoms with E-state index in [0.29, 0.717) is 34.3 Å². The molecule has 8 nitrogen and oxygen atoms in total. The Hall–Kier alpha value is -4.20. The van der Waals surface area contributed by atoms with Gasteiger partial charge in [-0.05, 0) is 46.9 Å². The maximum absolute atomic E-state index is 13.4. The first-order valence-corrected chi connectivity index (χ1v) is 12.5. The zero-order valence-corrected chi connectivity index (χ0v) is 21.4. The maximum atomic E-state index is 13.4. The minimum absolute atomic E-state index is 0.0172. The summed E-state index contributed by atoms with van der Waals surface area (Å²) in [6.07, 6.45) is 0.246. The van der Waals surface area contributed by atoms with Crippen LogP contribution in [0.2, 0.25) is 0 Å². The summed E-state index contributed by atoms with van der Waals surface area (Å²) in [6, 6.07) is 16.9. The van der Waals surface area contributed by atoms with E-state index >= 15 is 0 Å². The van der Waals surface area contributed by atoms with E-state index in [1.165, 1.54) is 0 Å². The maximum Gasteiger partial charge on any atom is 0.310 e. The van der Waals surface area contributed by atoms with E-state index < -0.39 is 5.92 Å². The van der Waals surface area contributed by atoms with Crippen LogP contribution in [0.3, 0.4) is 0 Å². The van der Waals surface area contributed by atoms with Crippen molar-refractivity contribution in [3.05, 3.63) is 76.9 Å². The van der Waals surface area contributed by atoms with Gasteiger partial charge in [-0.25, -0.2) is 0 Å². The lowest BCUT2D eigenvalue weighted by molar-refractivity contribution is -0.141. The van der Waals surface area contributed by atoms with Crippen molar-refractivity contribution in [2.75, 3.05) is 34.7 Å². The van der Waals surface area contributed by atoms with E-state index in [2.05, 4.69) is 0 Å². The molecule has 1 fully saturated rings. The molecule has 2 heterocycles. The van der Waals surface area contributed by atoms with Crippen molar-refractivity contribution in [1.29, 1.82) is 0 Å². The Labute approximate surface area is 220 Å². The van der Waals surface area contributed by atoms with Gasteiger partial charge in [-0.2, -0.15) is 0 Å². The van der Waals surface area contributed by atoms with E-state index in [9.17, 15) is 9.59 Å². The Morgan fingerprint density at radius 3 is 2.16 bits per heavy atom. The van der Waals surface area contributed by atoms with Crippen LogP contribution in [0.4, 0.5) is 0 Å².